The van der Waals surface area contributed by atoms with E-state index in [1.54, 1.807) is 30.3 Å². The van der Waals surface area contributed by atoms with E-state index < -0.39 is 27.8 Å². The van der Waals surface area contributed by atoms with Gasteiger partial charge in [-0.25, -0.2) is 13.2 Å². The number of carbonyl (C=O) groups excluding carboxylic acids is 2. The molecule has 0 bridgehead atoms. The van der Waals surface area contributed by atoms with Gasteiger partial charge in [-0.2, -0.15) is 0 Å². The maximum Gasteiger partial charge on any atom is 0.339 e. The molecule has 2 aromatic carbocycles. The Morgan fingerprint density at radius 2 is 1.68 bits per heavy atom. The molecule has 2 aromatic rings. The molecule has 1 atom stereocenters. The Balaban J connectivity index is 1.45. The Morgan fingerprint density at radius 1 is 1.00 bits per heavy atom. The van der Waals surface area contributed by atoms with Gasteiger partial charge in [0.25, 0.3) is 5.91 Å². The summed E-state index contributed by atoms with van der Waals surface area (Å²) in [6.07, 6.45) is 2.69. The normalized spacial score (nSPS) is 19.7. The quantitative estimate of drug-likeness (QED) is 0.798. The van der Waals surface area contributed by atoms with Crippen molar-refractivity contribution in [2.45, 2.75) is 48.4 Å². The van der Waals surface area contributed by atoms with Crippen molar-refractivity contribution in [3.8, 4) is 0 Å². The smallest absolute Gasteiger partial charge is 0.339 e. The molecule has 1 heterocycles. The van der Waals surface area contributed by atoms with E-state index in [1.165, 1.54) is 12.1 Å². The summed E-state index contributed by atoms with van der Waals surface area (Å²) in [5.74, 6) is -0.950. The monoisotopic (exact) mass is 399 g/mol. The number of cyclic esters (lactones) is 1. The molecule has 4 rings (SSSR count). The molecule has 2 aliphatic rings. The van der Waals surface area contributed by atoms with Crippen molar-refractivity contribution in [3.05, 3.63) is 59.7 Å². The molecule has 0 unspecified atom stereocenters. The lowest BCUT2D eigenvalue weighted by molar-refractivity contribution is -0.125. The van der Waals surface area contributed by atoms with Gasteiger partial charge in [-0.05, 0) is 48.7 Å². The van der Waals surface area contributed by atoms with Crippen molar-refractivity contribution in [2.24, 2.45) is 0 Å². The van der Waals surface area contributed by atoms with E-state index >= 15 is 0 Å². The van der Waals surface area contributed by atoms with Crippen LogP contribution in [0.5, 0.6) is 0 Å². The Morgan fingerprint density at radius 3 is 2.39 bits per heavy atom. The summed E-state index contributed by atoms with van der Waals surface area (Å²) in [6, 6.07) is 13.2. The highest BCUT2D eigenvalue weighted by Gasteiger charge is 2.32. The third kappa shape index (κ3) is 3.54. The van der Waals surface area contributed by atoms with Gasteiger partial charge in [0.15, 0.2) is 15.9 Å². The Labute approximate surface area is 163 Å². The molecule has 6 nitrogen and oxygen atoms in total. The van der Waals surface area contributed by atoms with Crippen LogP contribution in [-0.4, -0.2) is 31.6 Å². The highest BCUT2D eigenvalue weighted by molar-refractivity contribution is 7.92. The lowest BCUT2D eigenvalue weighted by atomic mass is 9.98. The number of anilines is 1. The fraction of sp³-hybridized carbons (Fsp3) is 0.333. The van der Waals surface area contributed by atoms with Crippen LogP contribution in [0.1, 0.15) is 41.6 Å². The summed E-state index contributed by atoms with van der Waals surface area (Å²) in [4.78, 5) is 24.8. The molecular weight excluding hydrogens is 378 g/mol. The van der Waals surface area contributed by atoms with Crippen LogP contribution < -0.4 is 5.32 Å². The molecule has 0 saturated heterocycles. The van der Waals surface area contributed by atoms with Crippen molar-refractivity contribution in [3.63, 3.8) is 0 Å². The first kappa shape index (κ1) is 18.7. The van der Waals surface area contributed by atoms with Crippen molar-refractivity contribution in [1.82, 2.24) is 0 Å². The fourth-order valence-electron chi connectivity index (χ4n) is 3.82. The first-order valence-corrected chi connectivity index (χ1v) is 10.9. The summed E-state index contributed by atoms with van der Waals surface area (Å²) in [7, 11) is -3.33. The summed E-state index contributed by atoms with van der Waals surface area (Å²) in [5.41, 5.74) is 1.72. The summed E-state index contributed by atoms with van der Waals surface area (Å²) < 4.78 is 30.5. The predicted octanol–water partition coefficient (Wildman–Crippen LogP) is 3.12. The minimum atomic E-state index is -3.33. The number of ether oxygens (including phenoxy) is 1. The van der Waals surface area contributed by atoms with Crippen LogP contribution in [0.2, 0.25) is 0 Å². The van der Waals surface area contributed by atoms with Crippen molar-refractivity contribution >= 4 is 27.4 Å². The van der Waals surface area contributed by atoms with Crippen LogP contribution >= 0.6 is 0 Å². The molecule has 0 aromatic heterocycles. The third-order valence-corrected chi connectivity index (χ3v) is 7.65. The van der Waals surface area contributed by atoms with Gasteiger partial charge in [-0.1, -0.05) is 31.0 Å². The van der Waals surface area contributed by atoms with E-state index in [0.717, 1.165) is 18.4 Å². The van der Waals surface area contributed by atoms with Gasteiger partial charge in [0.2, 0.25) is 0 Å². The lowest BCUT2D eigenvalue weighted by Crippen LogP contribution is -2.37. The molecule has 1 saturated carbocycles. The van der Waals surface area contributed by atoms with E-state index in [0.29, 0.717) is 30.5 Å². The van der Waals surface area contributed by atoms with E-state index in [1.807, 2.05) is 6.07 Å². The summed E-state index contributed by atoms with van der Waals surface area (Å²) in [5, 5.41) is 2.39. The van der Waals surface area contributed by atoms with Crippen LogP contribution in [-0.2, 0) is 25.8 Å². The number of fused-ring (bicyclic) bond motifs is 1. The second kappa shape index (κ2) is 7.39. The highest BCUT2D eigenvalue weighted by atomic mass is 32.2. The molecule has 146 valence electrons. The van der Waals surface area contributed by atoms with Gasteiger partial charge in [-0.15, -0.1) is 0 Å². The average Bonchev–Trinajstić information content (AvgIpc) is 3.24. The molecule has 7 heteroatoms. The number of carbonyl (C=O) groups is 2. The standard InChI is InChI=1S/C21H21NO5S/c23-20(19-13-14-5-1-4-8-18(14)21(24)27-19)22-15-9-11-17(12-10-15)28(25,26)16-6-2-3-7-16/h1,4-5,8-12,16,19H,2-3,6-7,13H2,(H,22,23)/t19-/m1/s1. The third-order valence-electron chi connectivity index (χ3n) is 5.38. The number of rotatable bonds is 4. The molecule has 1 fully saturated rings. The highest BCUT2D eigenvalue weighted by Crippen LogP contribution is 2.30. The van der Waals surface area contributed by atoms with Crippen molar-refractivity contribution in [2.75, 3.05) is 5.32 Å². The number of hydrogen-bond donors (Lipinski definition) is 1. The molecule has 1 aliphatic carbocycles. The predicted molar refractivity (Wildman–Crippen MR) is 104 cm³/mol. The van der Waals surface area contributed by atoms with Gasteiger partial charge in [-0.3, -0.25) is 4.79 Å². The largest absolute Gasteiger partial charge is 0.448 e. The maximum atomic E-state index is 12.6. The van der Waals surface area contributed by atoms with E-state index in [2.05, 4.69) is 5.32 Å². The summed E-state index contributed by atoms with van der Waals surface area (Å²) in [6.45, 7) is 0. The zero-order valence-electron chi connectivity index (χ0n) is 15.3. The zero-order valence-corrected chi connectivity index (χ0v) is 16.1. The van der Waals surface area contributed by atoms with Gasteiger partial charge in [0.1, 0.15) is 0 Å². The molecule has 1 N–H and O–H groups in total. The van der Waals surface area contributed by atoms with Crippen LogP contribution in [0.4, 0.5) is 5.69 Å². The Hall–Kier alpha value is -2.67. The van der Waals surface area contributed by atoms with Crippen LogP contribution in [0.25, 0.3) is 0 Å². The Bertz CT molecular complexity index is 1010. The van der Waals surface area contributed by atoms with Crippen molar-refractivity contribution in [1.29, 1.82) is 0 Å². The molecule has 1 aliphatic heterocycles. The average molecular weight is 399 g/mol. The second-order valence-electron chi connectivity index (χ2n) is 7.22. The Kier molecular flexibility index (Phi) is 4.93. The second-order valence-corrected chi connectivity index (χ2v) is 9.45. The maximum absolute atomic E-state index is 12.6. The SMILES string of the molecule is O=C1O[C@@H](C(=O)Nc2ccc(S(=O)(=O)C3CCCC3)cc2)Cc2ccccc21. The molecule has 1 amide bonds. The lowest BCUT2D eigenvalue weighted by Gasteiger charge is -2.23. The molecule has 0 spiro atoms. The number of sulfone groups is 1. The zero-order chi connectivity index (χ0) is 19.7. The molecular formula is C21H21NO5S. The number of benzene rings is 2. The van der Waals surface area contributed by atoms with Gasteiger partial charge in [0.05, 0.1) is 15.7 Å². The number of nitrogens with one attached hydrogen (secondary N) is 1. The van der Waals surface area contributed by atoms with Crippen LogP contribution in [0, 0.1) is 0 Å². The summed E-state index contributed by atoms with van der Waals surface area (Å²) >= 11 is 0. The number of hydrogen-bond acceptors (Lipinski definition) is 5. The van der Waals surface area contributed by atoms with Gasteiger partial charge < -0.3 is 10.1 Å². The molecule has 28 heavy (non-hydrogen) atoms. The van der Waals surface area contributed by atoms with E-state index in [-0.39, 0.29) is 10.1 Å². The van der Waals surface area contributed by atoms with Crippen LogP contribution in [0.15, 0.2) is 53.4 Å². The van der Waals surface area contributed by atoms with Crippen molar-refractivity contribution < 1.29 is 22.7 Å². The first-order valence-electron chi connectivity index (χ1n) is 9.39. The minimum absolute atomic E-state index is 0.274. The van der Waals surface area contributed by atoms with E-state index in [9.17, 15) is 18.0 Å². The number of esters is 1. The van der Waals surface area contributed by atoms with Gasteiger partial charge in [0, 0.05) is 12.1 Å². The van der Waals surface area contributed by atoms with Crippen LogP contribution in [0.3, 0.4) is 0 Å². The van der Waals surface area contributed by atoms with Gasteiger partial charge >= 0.3 is 5.97 Å². The topological polar surface area (TPSA) is 89.5 Å². The number of amides is 1. The first-order chi connectivity index (χ1) is 13.4. The molecule has 0 radical (unpaired) electrons. The minimum Gasteiger partial charge on any atom is -0.448 e. The fourth-order valence-corrected chi connectivity index (χ4v) is 5.67. The van der Waals surface area contributed by atoms with E-state index in [4.69, 9.17) is 4.74 Å².